The number of ether oxygens (including phenoxy) is 1. The van der Waals surface area contributed by atoms with Crippen LogP contribution >= 0.6 is 34.5 Å². The summed E-state index contributed by atoms with van der Waals surface area (Å²) in [5.74, 6) is 0.323. The molecule has 2 saturated carbocycles. The minimum atomic E-state index is -1.17. The SMILES string of the molecule is CC(C)c1onc(-c2c(Cl)cccc2Cl)c1CO[C@@H]1C[C@H]2C[C@H](C)[C@@H](C1)[C@]2(O)c1nc2c(F)cc(C#N)cc2s1. The molecule has 2 aromatic heterocycles. The average Bonchev–Trinajstić information content (AvgIpc) is 3.56. The number of aromatic nitrogens is 2. The Kier molecular flexibility index (Phi) is 7.17. The monoisotopic (exact) mass is 599 g/mol. The van der Waals surface area contributed by atoms with Crippen molar-refractivity contribution in [3.63, 3.8) is 0 Å². The number of thiazole rings is 1. The number of nitriles is 1. The second kappa shape index (κ2) is 10.4. The number of rotatable bonds is 6. The predicted octanol–water partition coefficient (Wildman–Crippen LogP) is 8.23. The van der Waals surface area contributed by atoms with Crippen LogP contribution in [0.4, 0.5) is 4.39 Å². The van der Waals surface area contributed by atoms with Gasteiger partial charge in [0.05, 0.1) is 39.1 Å². The van der Waals surface area contributed by atoms with Crippen molar-refractivity contribution in [2.45, 2.75) is 64.3 Å². The van der Waals surface area contributed by atoms with Crippen LogP contribution in [0.3, 0.4) is 0 Å². The lowest BCUT2D eigenvalue weighted by molar-refractivity contribution is -0.120. The van der Waals surface area contributed by atoms with Crippen LogP contribution in [0.15, 0.2) is 34.9 Å². The Balaban J connectivity index is 1.27. The van der Waals surface area contributed by atoms with E-state index in [-0.39, 0.29) is 47.5 Å². The molecule has 0 radical (unpaired) electrons. The molecular weight excluding hydrogens is 572 g/mol. The Labute approximate surface area is 245 Å². The van der Waals surface area contributed by atoms with E-state index in [0.29, 0.717) is 43.9 Å². The minimum absolute atomic E-state index is 0.0785. The van der Waals surface area contributed by atoms with Gasteiger partial charge < -0.3 is 14.4 Å². The fraction of sp³-hybridized carbons (Fsp3) is 0.433. The van der Waals surface area contributed by atoms with Gasteiger partial charge in [-0.3, -0.25) is 0 Å². The number of aliphatic hydroxyl groups is 1. The van der Waals surface area contributed by atoms with E-state index in [1.165, 1.54) is 17.4 Å². The Hall–Kier alpha value is -2.54. The summed E-state index contributed by atoms with van der Waals surface area (Å²) in [4.78, 5) is 4.56. The lowest BCUT2D eigenvalue weighted by Gasteiger charge is -2.42. The van der Waals surface area contributed by atoms with Gasteiger partial charge in [-0.05, 0) is 61.3 Å². The largest absolute Gasteiger partial charge is 0.382 e. The summed E-state index contributed by atoms with van der Waals surface area (Å²) in [6, 6.07) is 10.2. The molecular formula is C30H28Cl2FN3O3S. The fourth-order valence-electron chi connectivity index (χ4n) is 6.64. The molecule has 2 aromatic carbocycles. The van der Waals surface area contributed by atoms with Crippen LogP contribution in [-0.2, 0) is 16.9 Å². The first kappa shape index (κ1) is 27.6. The third-order valence-corrected chi connectivity index (χ3v) is 10.3. The van der Waals surface area contributed by atoms with E-state index in [4.69, 9.17) is 32.5 Å². The van der Waals surface area contributed by atoms with E-state index in [0.717, 1.165) is 17.7 Å². The van der Waals surface area contributed by atoms with Gasteiger partial charge in [-0.1, -0.05) is 55.2 Å². The number of halogens is 3. The maximum absolute atomic E-state index is 14.7. The highest BCUT2D eigenvalue weighted by Crippen LogP contribution is 2.59. The summed E-state index contributed by atoms with van der Waals surface area (Å²) in [6.45, 7) is 6.48. The lowest BCUT2D eigenvalue weighted by atomic mass is 9.72. The van der Waals surface area contributed by atoms with Gasteiger partial charge in [-0.15, -0.1) is 11.3 Å². The van der Waals surface area contributed by atoms with Crippen LogP contribution in [0.5, 0.6) is 0 Å². The third-order valence-electron chi connectivity index (χ3n) is 8.52. The van der Waals surface area contributed by atoms with Crippen LogP contribution < -0.4 is 0 Å². The molecule has 0 spiro atoms. The summed E-state index contributed by atoms with van der Waals surface area (Å²) in [6.07, 6.45) is 2.01. The first-order valence-corrected chi connectivity index (χ1v) is 15.0. The quantitative estimate of drug-likeness (QED) is 0.240. The summed E-state index contributed by atoms with van der Waals surface area (Å²) >= 11 is 14.3. The molecule has 6 rings (SSSR count). The van der Waals surface area contributed by atoms with Crippen LogP contribution in [0.25, 0.3) is 21.5 Å². The molecule has 5 atom stereocenters. The number of fused-ring (bicyclic) bond motifs is 3. The molecule has 2 heterocycles. The van der Waals surface area contributed by atoms with E-state index < -0.39 is 11.4 Å². The molecule has 0 aliphatic heterocycles. The Morgan fingerprint density at radius 1 is 1.25 bits per heavy atom. The van der Waals surface area contributed by atoms with Gasteiger partial charge >= 0.3 is 0 Å². The average molecular weight is 601 g/mol. The van der Waals surface area contributed by atoms with Crippen LogP contribution in [0.1, 0.15) is 67.8 Å². The molecule has 0 amide bonds. The van der Waals surface area contributed by atoms with E-state index in [9.17, 15) is 14.8 Å². The first-order chi connectivity index (χ1) is 19.1. The second-order valence-electron chi connectivity index (χ2n) is 11.3. The molecule has 6 nitrogen and oxygen atoms in total. The van der Waals surface area contributed by atoms with Crippen molar-refractivity contribution < 1.29 is 18.8 Å². The molecule has 40 heavy (non-hydrogen) atoms. The van der Waals surface area contributed by atoms with Gasteiger partial charge in [-0.25, -0.2) is 9.37 Å². The molecule has 10 heteroatoms. The molecule has 1 N–H and O–H groups in total. The highest BCUT2D eigenvalue weighted by molar-refractivity contribution is 7.18. The minimum Gasteiger partial charge on any atom is -0.382 e. The van der Waals surface area contributed by atoms with Crippen molar-refractivity contribution in [3.05, 3.63) is 68.1 Å². The second-order valence-corrected chi connectivity index (χ2v) is 13.2. The molecule has 2 aliphatic carbocycles. The van der Waals surface area contributed by atoms with Gasteiger partial charge in [0.1, 0.15) is 27.6 Å². The summed E-state index contributed by atoms with van der Waals surface area (Å²) in [5.41, 5.74) is 1.30. The predicted molar refractivity (Wildman–Crippen MR) is 153 cm³/mol. The Bertz CT molecular complexity index is 1630. The van der Waals surface area contributed by atoms with Gasteiger partial charge in [0, 0.05) is 17.0 Å². The van der Waals surface area contributed by atoms with Gasteiger partial charge in [0.15, 0.2) is 5.82 Å². The zero-order chi connectivity index (χ0) is 28.3. The van der Waals surface area contributed by atoms with Crippen LogP contribution in [0.2, 0.25) is 10.0 Å². The van der Waals surface area contributed by atoms with E-state index in [1.54, 1.807) is 24.3 Å². The maximum atomic E-state index is 14.7. The van der Waals surface area contributed by atoms with Gasteiger partial charge in [-0.2, -0.15) is 5.26 Å². The molecule has 208 valence electrons. The van der Waals surface area contributed by atoms with E-state index in [1.807, 2.05) is 19.9 Å². The number of hydrogen-bond acceptors (Lipinski definition) is 7. The Morgan fingerprint density at radius 3 is 2.67 bits per heavy atom. The standard InChI is InChI=1S/C30H28Cl2FN3O3S/c1-14(2)28-19(26(36-39-28)25-21(31)5-4-6-22(25)32)13-38-18-10-17-7-15(3)20(11-18)30(17,37)29-35-27-23(33)8-16(12-34)9-24(27)40-29/h4-6,8-9,14-15,17-18,20,37H,7,10-11,13H2,1-3H3/t15-,17+,18+,20+,30-/m0/s1. The first-order valence-electron chi connectivity index (χ1n) is 13.4. The zero-order valence-corrected chi connectivity index (χ0v) is 24.6. The van der Waals surface area contributed by atoms with Crippen molar-refractivity contribution in [2.75, 3.05) is 0 Å². The highest BCUT2D eigenvalue weighted by atomic mass is 35.5. The molecule has 2 fully saturated rings. The molecule has 4 aromatic rings. The van der Waals surface area contributed by atoms with Crippen molar-refractivity contribution >= 4 is 44.8 Å². The van der Waals surface area contributed by atoms with Crippen molar-refractivity contribution in [1.82, 2.24) is 10.1 Å². The Morgan fingerprint density at radius 2 is 2.00 bits per heavy atom. The van der Waals surface area contributed by atoms with Crippen molar-refractivity contribution in [3.8, 4) is 17.3 Å². The molecule has 0 saturated heterocycles. The van der Waals surface area contributed by atoms with Gasteiger partial charge in [0.25, 0.3) is 0 Å². The van der Waals surface area contributed by atoms with Crippen molar-refractivity contribution in [2.24, 2.45) is 17.8 Å². The topological polar surface area (TPSA) is 92.2 Å². The summed E-state index contributed by atoms with van der Waals surface area (Å²) < 4.78 is 27.5. The number of benzene rings is 2. The third kappa shape index (κ3) is 4.43. The highest BCUT2D eigenvalue weighted by Gasteiger charge is 2.59. The fourth-order valence-corrected chi connectivity index (χ4v) is 8.47. The van der Waals surface area contributed by atoms with E-state index >= 15 is 0 Å². The number of hydrogen-bond donors (Lipinski definition) is 1. The molecule has 2 bridgehead atoms. The number of nitrogens with zero attached hydrogens (tertiary/aromatic N) is 3. The summed E-state index contributed by atoms with van der Waals surface area (Å²) in [7, 11) is 0. The summed E-state index contributed by atoms with van der Waals surface area (Å²) in [5, 5.41) is 27.2. The zero-order valence-electron chi connectivity index (χ0n) is 22.2. The maximum Gasteiger partial charge on any atom is 0.151 e. The normalized spacial score (nSPS) is 26.1. The smallest absolute Gasteiger partial charge is 0.151 e. The van der Waals surface area contributed by atoms with Gasteiger partial charge in [0.2, 0.25) is 0 Å². The van der Waals surface area contributed by atoms with Crippen LogP contribution in [-0.4, -0.2) is 21.4 Å². The molecule has 0 unspecified atom stereocenters. The van der Waals surface area contributed by atoms with Crippen molar-refractivity contribution in [1.29, 1.82) is 5.26 Å². The van der Waals surface area contributed by atoms with E-state index in [2.05, 4.69) is 17.1 Å². The molecule has 2 aliphatic rings. The van der Waals surface area contributed by atoms with Crippen LogP contribution in [0, 0.1) is 34.9 Å². The lowest BCUT2D eigenvalue weighted by Crippen LogP contribution is -2.45.